The lowest BCUT2D eigenvalue weighted by Crippen LogP contribution is -2.02. The van der Waals surface area contributed by atoms with Gasteiger partial charge in [-0.2, -0.15) is 0 Å². The van der Waals surface area contributed by atoms with E-state index >= 15 is 0 Å². The maximum atomic E-state index is 12.0. The Balaban J connectivity index is 3.17. The van der Waals surface area contributed by atoms with Crippen LogP contribution in [-0.2, 0) is 9.30 Å². The van der Waals surface area contributed by atoms with Gasteiger partial charge in [-0.15, -0.1) is 0 Å². The lowest BCUT2D eigenvalue weighted by molar-refractivity contribution is 0.165. The van der Waals surface area contributed by atoms with Gasteiger partial charge in [-0.1, -0.05) is 17.7 Å². The Morgan fingerprint density at radius 2 is 1.94 bits per heavy atom. The zero-order valence-electron chi connectivity index (χ0n) is 9.86. The van der Waals surface area contributed by atoms with Gasteiger partial charge < -0.3 is 14.0 Å². The summed E-state index contributed by atoms with van der Waals surface area (Å²) in [7, 11) is 0.729. The molecule has 0 saturated heterocycles. The minimum absolute atomic E-state index is 0.418. The Morgan fingerprint density at radius 3 is 2.38 bits per heavy atom. The van der Waals surface area contributed by atoms with Crippen LogP contribution in [0.15, 0.2) is 18.2 Å². The zero-order chi connectivity index (χ0) is 12.3. The van der Waals surface area contributed by atoms with Crippen LogP contribution in [-0.4, -0.2) is 27.5 Å². The minimum Gasteiger partial charge on any atom is -0.495 e. The average molecular weight is 263 g/mol. The minimum atomic E-state index is -2.36. The van der Waals surface area contributed by atoms with Crippen molar-refractivity contribution in [3.8, 4) is 5.75 Å². The molecule has 0 aromatic heterocycles. The van der Waals surface area contributed by atoms with Gasteiger partial charge in [0.2, 0.25) is 0 Å². The molecule has 0 spiro atoms. The number of hydrogen-bond donors (Lipinski definition) is 0. The van der Waals surface area contributed by atoms with Gasteiger partial charge in [-0.3, -0.25) is 0 Å². The lowest BCUT2D eigenvalue weighted by atomic mass is 10.2. The van der Waals surface area contributed by atoms with Crippen molar-refractivity contribution in [3.63, 3.8) is 0 Å². The highest BCUT2D eigenvalue weighted by Gasteiger charge is 2.25. The number of hydrogen-bond acceptors (Lipinski definition) is 3. The summed E-state index contributed by atoms with van der Waals surface area (Å²) in [6.45, 7) is 3.39. The lowest BCUT2D eigenvalue weighted by Gasteiger charge is -2.20. The summed E-state index contributed by atoms with van der Waals surface area (Å²) in [6, 6.07) is 5.28. The molecule has 90 valence electrons. The molecule has 0 heterocycles. The van der Waals surface area contributed by atoms with E-state index in [2.05, 4.69) is 0 Å². The third-order valence-electron chi connectivity index (χ3n) is 2.25. The van der Waals surface area contributed by atoms with Crippen molar-refractivity contribution < 1.29 is 14.0 Å². The summed E-state index contributed by atoms with van der Waals surface area (Å²) in [4.78, 5) is 0. The van der Waals surface area contributed by atoms with Crippen LogP contribution < -0.4 is 4.74 Å². The monoisotopic (exact) mass is 262 g/mol. The Morgan fingerprint density at radius 1 is 1.31 bits per heavy atom. The maximum Gasteiger partial charge on any atom is 0.137 e. The van der Waals surface area contributed by atoms with Crippen LogP contribution in [0.25, 0.3) is 0 Å². The predicted molar refractivity (Wildman–Crippen MR) is 67.2 cm³/mol. The summed E-state index contributed by atoms with van der Waals surface area (Å²) in [5.74, 6) is 0.147. The summed E-state index contributed by atoms with van der Waals surface area (Å²) in [6.07, 6.45) is 0. The quantitative estimate of drug-likeness (QED) is 0.778. The number of benzene rings is 1. The highest BCUT2D eigenvalue weighted by Crippen LogP contribution is 2.53. The molecule has 1 unspecified atom stereocenters. The van der Waals surface area contributed by atoms with Gasteiger partial charge >= 0.3 is 0 Å². The van der Waals surface area contributed by atoms with Crippen LogP contribution in [0.2, 0.25) is 5.02 Å². The molecule has 0 amide bonds. The van der Waals surface area contributed by atoms with Crippen LogP contribution in [0.1, 0.15) is 11.4 Å². The predicted octanol–water partition coefficient (Wildman–Crippen LogP) is 3.62. The van der Waals surface area contributed by atoms with Crippen molar-refractivity contribution >= 4 is 18.7 Å². The van der Waals surface area contributed by atoms with Crippen molar-refractivity contribution in [1.82, 2.24) is 0 Å². The van der Waals surface area contributed by atoms with E-state index < -0.39 is 13.0 Å². The molecular formula is C11H16ClO3P. The molecule has 0 aliphatic carbocycles. The molecule has 0 radical (unpaired) electrons. The molecule has 0 aliphatic rings. The maximum absolute atomic E-state index is 12.0. The van der Waals surface area contributed by atoms with Gasteiger partial charge in [-0.05, 0) is 31.0 Å². The molecule has 0 fully saturated rings. The van der Waals surface area contributed by atoms with Gasteiger partial charge in [-0.25, -0.2) is 0 Å². The van der Waals surface area contributed by atoms with Gasteiger partial charge in [0.15, 0.2) is 0 Å². The Hall–Kier alpha value is -0.500. The summed E-state index contributed by atoms with van der Waals surface area (Å²) < 4.78 is 22.4. The molecule has 0 bridgehead atoms. The largest absolute Gasteiger partial charge is 0.495 e. The van der Waals surface area contributed by atoms with E-state index in [0.717, 1.165) is 5.56 Å². The molecule has 16 heavy (non-hydrogen) atoms. The van der Waals surface area contributed by atoms with E-state index in [1.807, 2.05) is 0 Å². The van der Waals surface area contributed by atoms with Crippen molar-refractivity contribution in [3.05, 3.63) is 28.8 Å². The first kappa shape index (κ1) is 13.6. The Labute approximate surface area is 101 Å². The van der Waals surface area contributed by atoms with Crippen LogP contribution >= 0.6 is 18.7 Å². The van der Waals surface area contributed by atoms with Gasteiger partial charge in [0.05, 0.1) is 12.1 Å². The second-order valence-electron chi connectivity index (χ2n) is 3.92. The smallest absolute Gasteiger partial charge is 0.137 e. The van der Waals surface area contributed by atoms with E-state index in [9.17, 15) is 4.57 Å². The van der Waals surface area contributed by atoms with Crippen LogP contribution in [0, 0.1) is 0 Å². The Kier molecular flexibility index (Phi) is 4.43. The summed E-state index contributed by atoms with van der Waals surface area (Å²) in [5, 5.41) is 0.531. The number of rotatable bonds is 4. The highest BCUT2D eigenvalue weighted by molar-refractivity contribution is 7.62. The summed E-state index contributed by atoms with van der Waals surface area (Å²) in [5.41, 5.74) is 0.817. The van der Waals surface area contributed by atoms with Gasteiger partial charge in [0.1, 0.15) is 18.7 Å². The molecule has 0 saturated carbocycles. The molecule has 1 rings (SSSR count). The molecule has 1 aromatic carbocycles. The van der Waals surface area contributed by atoms with Crippen molar-refractivity contribution in [2.75, 3.05) is 27.5 Å². The van der Waals surface area contributed by atoms with Crippen molar-refractivity contribution in [1.29, 1.82) is 0 Å². The third-order valence-corrected chi connectivity index (χ3v) is 4.20. The third kappa shape index (κ3) is 3.00. The highest BCUT2D eigenvalue weighted by atomic mass is 35.5. The first-order valence-electron chi connectivity index (χ1n) is 4.81. The average Bonchev–Trinajstić information content (AvgIpc) is 2.19. The SMILES string of the molecule is COc1cc(C(OC)P(C)(C)=O)ccc1Cl. The van der Waals surface area contributed by atoms with Crippen LogP contribution in [0.3, 0.4) is 0 Å². The first-order chi connectivity index (χ1) is 7.40. The van der Waals surface area contributed by atoms with E-state index in [4.69, 9.17) is 21.1 Å². The van der Waals surface area contributed by atoms with E-state index in [1.54, 1.807) is 45.7 Å². The molecule has 0 N–H and O–H groups in total. The molecular weight excluding hydrogens is 247 g/mol. The Bertz CT molecular complexity index is 414. The zero-order valence-corrected chi connectivity index (χ0v) is 11.5. The van der Waals surface area contributed by atoms with Crippen molar-refractivity contribution in [2.24, 2.45) is 0 Å². The fraction of sp³-hybridized carbons (Fsp3) is 0.455. The van der Waals surface area contributed by atoms with Gasteiger partial charge in [0.25, 0.3) is 0 Å². The molecule has 0 aliphatic heterocycles. The van der Waals surface area contributed by atoms with Crippen LogP contribution in [0.5, 0.6) is 5.75 Å². The van der Waals surface area contributed by atoms with Crippen molar-refractivity contribution in [2.45, 2.75) is 5.85 Å². The first-order valence-corrected chi connectivity index (χ1v) is 7.86. The molecule has 3 nitrogen and oxygen atoms in total. The molecule has 1 atom stereocenters. The number of ether oxygens (including phenoxy) is 2. The fourth-order valence-electron chi connectivity index (χ4n) is 1.58. The number of methoxy groups -OCH3 is 2. The second kappa shape index (κ2) is 5.22. The van der Waals surface area contributed by atoms with E-state index in [0.29, 0.717) is 10.8 Å². The van der Waals surface area contributed by atoms with E-state index in [-0.39, 0.29) is 0 Å². The molecule has 5 heteroatoms. The normalized spacial score (nSPS) is 13.6. The standard InChI is InChI=1S/C11H16ClO3P/c1-14-10-7-8(5-6-9(10)12)11(15-2)16(3,4)13/h5-7,11H,1-4H3. The fourth-order valence-corrected chi connectivity index (χ4v) is 3.16. The second-order valence-corrected chi connectivity index (χ2v) is 7.66. The van der Waals surface area contributed by atoms with Gasteiger partial charge in [0, 0.05) is 7.11 Å². The summed E-state index contributed by atoms with van der Waals surface area (Å²) >= 11 is 5.92. The van der Waals surface area contributed by atoms with Crippen LogP contribution in [0.4, 0.5) is 0 Å². The molecule has 1 aromatic rings. The topological polar surface area (TPSA) is 35.5 Å². The number of halogens is 1. The van der Waals surface area contributed by atoms with E-state index in [1.165, 1.54) is 0 Å².